The van der Waals surface area contributed by atoms with E-state index < -0.39 is 0 Å². The van der Waals surface area contributed by atoms with E-state index in [1.165, 1.54) is 22.1 Å². The van der Waals surface area contributed by atoms with Crippen LogP contribution in [0.2, 0.25) is 0 Å². The lowest BCUT2D eigenvalue weighted by Gasteiger charge is -2.15. The molecule has 1 aliphatic heterocycles. The second-order valence-corrected chi connectivity index (χ2v) is 8.02. The minimum atomic E-state index is -0.0958. The van der Waals surface area contributed by atoms with E-state index in [1.54, 1.807) is 12.1 Å². The van der Waals surface area contributed by atoms with Gasteiger partial charge in [-0.05, 0) is 73.4 Å². The molecule has 4 nitrogen and oxygen atoms in total. The molecular weight excluding hydrogens is 362 g/mol. The smallest absolute Gasteiger partial charge is 0.157 e. The van der Waals surface area contributed by atoms with Crippen molar-refractivity contribution >= 4 is 10.9 Å². The van der Waals surface area contributed by atoms with Crippen LogP contribution in [0.5, 0.6) is 17.2 Å². The van der Waals surface area contributed by atoms with Crippen molar-refractivity contribution in [3.63, 3.8) is 0 Å². The van der Waals surface area contributed by atoms with Gasteiger partial charge in [0.05, 0.1) is 6.61 Å². The van der Waals surface area contributed by atoms with Crippen molar-refractivity contribution in [1.82, 2.24) is 4.98 Å². The Morgan fingerprint density at radius 1 is 0.862 bits per heavy atom. The van der Waals surface area contributed by atoms with Crippen LogP contribution in [0, 0.1) is 20.8 Å². The number of phenolic OH excluding ortho intramolecular Hbond substituents is 2. The van der Waals surface area contributed by atoms with Gasteiger partial charge in [-0.1, -0.05) is 17.7 Å². The quantitative estimate of drug-likeness (QED) is 0.388. The summed E-state index contributed by atoms with van der Waals surface area (Å²) in [5.41, 5.74) is 8.92. The summed E-state index contributed by atoms with van der Waals surface area (Å²) in [5, 5.41) is 21.0. The number of phenols is 2. The number of aryl methyl sites for hydroxylation is 3. The zero-order chi connectivity index (χ0) is 20.3. The molecule has 5 rings (SSSR count). The van der Waals surface area contributed by atoms with Crippen LogP contribution in [-0.4, -0.2) is 21.8 Å². The van der Waals surface area contributed by atoms with E-state index in [4.69, 9.17) is 4.74 Å². The van der Waals surface area contributed by atoms with E-state index in [1.807, 2.05) is 6.92 Å². The van der Waals surface area contributed by atoms with Gasteiger partial charge >= 0.3 is 0 Å². The van der Waals surface area contributed by atoms with Gasteiger partial charge in [0.2, 0.25) is 0 Å². The fraction of sp³-hybridized carbons (Fsp3) is 0.200. The molecule has 1 atom stereocenters. The van der Waals surface area contributed by atoms with Crippen LogP contribution in [0.15, 0.2) is 48.7 Å². The van der Waals surface area contributed by atoms with Gasteiger partial charge in [-0.2, -0.15) is 0 Å². The zero-order valence-corrected chi connectivity index (χ0v) is 16.7. The first kappa shape index (κ1) is 17.7. The maximum atomic E-state index is 9.99. The number of nitrogens with one attached hydrogen (secondary N) is 1. The number of aromatic amines is 1. The first-order valence-corrected chi connectivity index (χ1v) is 9.80. The molecule has 0 aliphatic carbocycles. The molecule has 3 N–H and O–H groups in total. The number of fused-ring (bicyclic) bond motifs is 2. The van der Waals surface area contributed by atoms with Crippen LogP contribution in [0.4, 0.5) is 0 Å². The summed E-state index contributed by atoms with van der Waals surface area (Å²) in [4.78, 5) is 3.37. The number of aromatic hydroxyl groups is 2. The summed E-state index contributed by atoms with van der Waals surface area (Å²) < 4.78 is 6.07. The summed E-state index contributed by atoms with van der Waals surface area (Å²) in [5.74, 6) is 0.729. The monoisotopic (exact) mass is 385 g/mol. The van der Waals surface area contributed by atoms with Crippen molar-refractivity contribution in [1.29, 1.82) is 0 Å². The highest BCUT2D eigenvalue weighted by molar-refractivity contribution is 5.97. The average Bonchev–Trinajstić information content (AvgIpc) is 3.27. The topological polar surface area (TPSA) is 65.5 Å². The molecule has 0 spiro atoms. The van der Waals surface area contributed by atoms with E-state index in [2.05, 4.69) is 55.4 Å². The van der Waals surface area contributed by atoms with Crippen LogP contribution in [0.25, 0.3) is 22.0 Å². The Hall–Kier alpha value is -3.40. The Kier molecular flexibility index (Phi) is 3.85. The highest BCUT2D eigenvalue weighted by Crippen LogP contribution is 2.45. The molecule has 0 bridgehead atoms. The van der Waals surface area contributed by atoms with E-state index in [0.29, 0.717) is 6.61 Å². The molecule has 0 saturated carbocycles. The molecule has 0 amide bonds. The molecule has 1 aliphatic rings. The number of hydrogen-bond donors (Lipinski definition) is 3. The maximum absolute atomic E-state index is 9.99. The highest BCUT2D eigenvalue weighted by Gasteiger charge is 2.29. The summed E-state index contributed by atoms with van der Waals surface area (Å²) >= 11 is 0. The molecule has 2 heterocycles. The first-order chi connectivity index (χ1) is 13.9. The van der Waals surface area contributed by atoms with Crippen molar-refractivity contribution in [2.45, 2.75) is 26.7 Å². The van der Waals surface area contributed by atoms with Crippen LogP contribution in [0.1, 0.15) is 33.7 Å². The summed E-state index contributed by atoms with van der Waals surface area (Å²) in [6, 6.07) is 14.0. The summed E-state index contributed by atoms with van der Waals surface area (Å²) in [7, 11) is 0. The normalized spacial score (nSPS) is 15.5. The number of ether oxygens (including phenoxy) is 1. The van der Waals surface area contributed by atoms with E-state index in [-0.39, 0.29) is 17.4 Å². The van der Waals surface area contributed by atoms with Crippen molar-refractivity contribution in [2.75, 3.05) is 6.61 Å². The number of benzene rings is 3. The Bertz CT molecular complexity index is 1270. The zero-order valence-electron chi connectivity index (χ0n) is 16.7. The second-order valence-electron chi connectivity index (χ2n) is 8.02. The molecule has 146 valence electrons. The van der Waals surface area contributed by atoms with Crippen LogP contribution >= 0.6 is 0 Å². The van der Waals surface area contributed by atoms with Gasteiger partial charge in [0.1, 0.15) is 5.75 Å². The maximum Gasteiger partial charge on any atom is 0.157 e. The predicted octanol–water partition coefficient (Wildman–Crippen LogP) is 5.70. The van der Waals surface area contributed by atoms with Crippen LogP contribution < -0.4 is 4.74 Å². The Labute approximate surface area is 169 Å². The molecule has 3 aromatic carbocycles. The van der Waals surface area contributed by atoms with Crippen molar-refractivity contribution in [2.24, 2.45) is 0 Å². The summed E-state index contributed by atoms with van der Waals surface area (Å²) in [6.07, 6.45) is 2.06. The lowest BCUT2D eigenvalue weighted by Crippen LogP contribution is -2.04. The minimum absolute atomic E-state index is 0.0365. The van der Waals surface area contributed by atoms with E-state index in [9.17, 15) is 10.2 Å². The van der Waals surface area contributed by atoms with Crippen molar-refractivity contribution in [3.05, 3.63) is 76.5 Å². The van der Waals surface area contributed by atoms with Crippen molar-refractivity contribution in [3.8, 4) is 28.4 Å². The SMILES string of the molecule is Cc1ccc2[nH]cc(-c3cc4c(cc3C)C(c3cc(O)c(O)cc3C)CO4)c2c1. The van der Waals surface area contributed by atoms with Gasteiger partial charge in [-0.25, -0.2) is 0 Å². The second kappa shape index (κ2) is 6.31. The van der Waals surface area contributed by atoms with Gasteiger partial charge in [0, 0.05) is 34.1 Å². The number of rotatable bonds is 2. The Balaban J connectivity index is 1.62. The lowest BCUT2D eigenvalue weighted by atomic mass is 9.87. The predicted molar refractivity (Wildman–Crippen MR) is 115 cm³/mol. The third-order valence-electron chi connectivity index (χ3n) is 6.00. The molecule has 4 aromatic rings. The number of H-pyrrole nitrogens is 1. The largest absolute Gasteiger partial charge is 0.504 e. The molecule has 4 heteroatoms. The molecule has 0 saturated heterocycles. The van der Waals surface area contributed by atoms with E-state index in [0.717, 1.165) is 33.5 Å². The average molecular weight is 385 g/mol. The van der Waals surface area contributed by atoms with Gasteiger partial charge < -0.3 is 19.9 Å². The molecule has 29 heavy (non-hydrogen) atoms. The summed E-state index contributed by atoms with van der Waals surface area (Å²) in [6.45, 7) is 6.70. The van der Waals surface area contributed by atoms with Gasteiger partial charge in [-0.15, -0.1) is 0 Å². The van der Waals surface area contributed by atoms with E-state index >= 15 is 0 Å². The Morgan fingerprint density at radius 3 is 2.48 bits per heavy atom. The first-order valence-electron chi connectivity index (χ1n) is 9.80. The van der Waals surface area contributed by atoms with Crippen LogP contribution in [-0.2, 0) is 0 Å². The fourth-order valence-electron chi connectivity index (χ4n) is 4.45. The van der Waals surface area contributed by atoms with Gasteiger partial charge in [-0.3, -0.25) is 0 Å². The van der Waals surface area contributed by atoms with Crippen LogP contribution in [0.3, 0.4) is 0 Å². The minimum Gasteiger partial charge on any atom is -0.504 e. The molecule has 0 radical (unpaired) electrons. The number of aromatic nitrogens is 1. The standard InChI is InChI=1S/C25H23NO3/c1-13-4-5-22-18(6-13)20(11-26-22)17-10-25-19(7-14(17)2)21(12-29-25)16-9-24(28)23(27)8-15(16)3/h4-11,21,26-28H,12H2,1-3H3. The molecule has 0 fully saturated rings. The third-order valence-corrected chi connectivity index (χ3v) is 6.00. The highest BCUT2D eigenvalue weighted by atomic mass is 16.5. The fourth-order valence-corrected chi connectivity index (χ4v) is 4.45. The molecular formula is C25H23NO3. The van der Waals surface area contributed by atoms with Gasteiger partial charge in [0.25, 0.3) is 0 Å². The molecule has 1 aromatic heterocycles. The van der Waals surface area contributed by atoms with Gasteiger partial charge in [0.15, 0.2) is 11.5 Å². The third kappa shape index (κ3) is 2.75. The lowest BCUT2D eigenvalue weighted by molar-refractivity contribution is 0.342. The molecule has 1 unspecified atom stereocenters. The van der Waals surface area contributed by atoms with Crippen molar-refractivity contribution < 1.29 is 14.9 Å². The Morgan fingerprint density at radius 2 is 1.66 bits per heavy atom. The number of hydrogen-bond acceptors (Lipinski definition) is 3.